The number of carbonyl (C=O) groups is 2. The molecule has 1 aromatic heterocycles. The van der Waals surface area contributed by atoms with E-state index in [1.165, 1.54) is 12.3 Å². The van der Waals surface area contributed by atoms with Crippen molar-refractivity contribution in [3.8, 4) is 11.8 Å². The summed E-state index contributed by atoms with van der Waals surface area (Å²) in [6.45, 7) is 1.89. The van der Waals surface area contributed by atoms with Gasteiger partial charge < -0.3 is 9.84 Å². The largest absolute Gasteiger partial charge is 0.476 e. The first-order chi connectivity index (χ1) is 7.65. The van der Waals surface area contributed by atoms with Crippen molar-refractivity contribution in [1.82, 2.24) is 4.98 Å². The van der Waals surface area contributed by atoms with E-state index in [0.29, 0.717) is 0 Å². The molecule has 16 heavy (non-hydrogen) atoms. The van der Waals surface area contributed by atoms with Crippen LogP contribution in [-0.4, -0.2) is 28.6 Å². The van der Waals surface area contributed by atoms with E-state index in [4.69, 9.17) is 5.11 Å². The SMILES string of the molecule is CCOC(=O)C#Cc1cccnc1C(=O)O. The number of carboxylic acids is 1. The lowest BCUT2D eigenvalue weighted by molar-refractivity contribution is -0.136. The first-order valence-corrected chi connectivity index (χ1v) is 4.52. The van der Waals surface area contributed by atoms with Crippen LogP contribution in [0.4, 0.5) is 0 Å². The molecule has 0 saturated carbocycles. The van der Waals surface area contributed by atoms with Crippen LogP contribution < -0.4 is 0 Å². The van der Waals surface area contributed by atoms with Crippen molar-refractivity contribution in [2.75, 3.05) is 6.61 Å². The maximum atomic E-state index is 10.9. The molecule has 0 aliphatic rings. The zero-order valence-electron chi connectivity index (χ0n) is 8.56. The van der Waals surface area contributed by atoms with Crippen LogP contribution in [0.1, 0.15) is 23.0 Å². The lowest BCUT2D eigenvalue weighted by atomic mass is 10.2. The third-order valence-corrected chi connectivity index (χ3v) is 1.58. The zero-order chi connectivity index (χ0) is 12.0. The van der Waals surface area contributed by atoms with E-state index < -0.39 is 11.9 Å². The number of hydrogen-bond donors (Lipinski definition) is 1. The highest BCUT2D eigenvalue weighted by atomic mass is 16.5. The molecule has 1 heterocycles. The monoisotopic (exact) mass is 219 g/mol. The van der Waals surface area contributed by atoms with E-state index in [2.05, 4.69) is 21.6 Å². The summed E-state index contributed by atoms with van der Waals surface area (Å²) < 4.78 is 4.58. The summed E-state index contributed by atoms with van der Waals surface area (Å²) in [5.74, 6) is 2.71. The highest BCUT2D eigenvalue weighted by molar-refractivity contribution is 5.92. The highest BCUT2D eigenvalue weighted by Crippen LogP contribution is 2.02. The van der Waals surface area contributed by atoms with Gasteiger partial charge in [0.1, 0.15) is 0 Å². The molecule has 0 aromatic carbocycles. The number of hydrogen-bond acceptors (Lipinski definition) is 4. The molecule has 0 aliphatic carbocycles. The van der Waals surface area contributed by atoms with Crippen LogP contribution in [0.3, 0.4) is 0 Å². The number of carboxylic acid groups (broad SMARTS) is 1. The second-order valence-corrected chi connectivity index (χ2v) is 2.68. The highest BCUT2D eigenvalue weighted by Gasteiger charge is 2.08. The van der Waals surface area contributed by atoms with Crippen LogP contribution in [-0.2, 0) is 9.53 Å². The number of pyridine rings is 1. The van der Waals surface area contributed by atoms with Gasteiger partial charge in [0.2, 0.25) is 0 Å². The maximum absolute atomic E-state index is 10.9. The summed E-state index contributed by atoms with van der Waals surface area (Å²) >= 11 is 0. The molecule has 0 bridgehead atoms. The zero-order valence-corrected chi connectivity index (χ0v) is 8.56. The quantitative estimate of drug-likeness (QED) is 0.585. The fourth-order valence-corrected chi connectivity index (χ4v) is 0.962. The van der Waals surface area contributed by atoms with Gasteiger partial charge in [-0.15, -0.1) is 0 Å². The molecule has 0 spiro atoms. The normalized spacial score (nSPS) is 8.81. The fourth-order valence-electron chi connectivity index (χ4n) is 0.962. The third kappa shape index (κ3) is 3.10. The molecule has 82 valence electrons. The Morgan fingerprint density at radius 3 is 2.94 bits per heavy atom. The molecule has 1 aromatic rings. The van der Waals surface area contributed by atoms with Gasteiger partial charge in [-0.3, -0.25) is 0 Å². The van der Waals surface area contributed by atoms with Gasteiger partial charge in [-0.25, -0.2) is 14.6 Å². The van der Waals surface area contributed by atoms with Crippen LogP contribution in [0.2, 0.25) is 0 Å². The summed E-state index contributed by atoms with van der Waals surface area (Å²) in [5, 5.41) is 8.79. The molecule has 0 amide bonds. The van der Waals surface area contributed by atoms with Crippen molar-refractivity contribution in [2.45, 2.75) is 6.92 Å². The van der Waals surface area contributed by atoms with Crippen molar-refractivity contribution in [2.24, 2.45) is 0 Å². The summed E-state index contributed by atoms with van der Waals surface area (Å²) in [4.78, 5) is 25.3. The third-order valence-electron chi connectivity index (χ3n) is 1.58. The molecule has 1 rings (SSSR count). The molecule has 0 atom stereocenters. The molecular weight excluding hydrogens is 210 g/mol. The van der Waals surface area contributed by atoms with Gasteiger partial charge in [0.05, 0.1) is 12.2 Å². The molecule has 1 N–H and O–H groups in total. The number of nitrogens with zero attached hydrogens (tertiary/aromatic N) is 1. The van der Waals surface area contributed by atoms with Crippen molar-refractivity contribution in [3.05, 3.63) is 29.6 Å². The van der Waals surface area contributed by atoms with Gasteiger partial charge in [0.15, 0.2) is 5.69 Å². The average molecular weight is 219 g/mol. The van der Waals surface area contributed by atoms with Gasteiger partial charge in [-0.05, 0) is 19.1 Å². The van der Waals surface area contributed by atoms with E-state index in [-0.39, 0.29) is 17.9 Å². The van der Waals surface area contributed by atoms with E-state index in [9.17, 15) is 9.59 Å². The van der Waals surface area contributed by atoms with Crippen LogP contribution in [0, 0.1) is 11.8 Å². The molecule has 0 fully saturated rings. The Labute approximate surface area is 92.1 Å². The smallest absolute Gasteiger partial charge is 0.384 e. The van der Waals surface area contributed by atoms with Gasteiger partial charge in [0, 0.05) is 12.1 Å². The maximum Gasteiger partial charge on any atom is 0.384 e. The van der Waals surface area contributed by atoms with Crippen molar-refractivity contribution in [3.63, 3.8) is 0 Å². The van der Waals surface area contributed by atoms with Crippen molar-refractivity contribution >= 4 is 11.9 Å². The van der Waals surface area contributed by atoms with Crippen molar-refractivity contribution < 1.29 is 19.4 Å². The van der Waals surface area contributed by atoms with Gasteiger partial charge in [-0.1, -0.05) is 5.92 Å². The first kappa shape index (κ1) is 11.7. The summed E-state index contributed by atoms with van der Waals surface area (Å²) in [7, 11) is 0. The summed E-state index contributed by atoms with van der Waals surface area (Å²) in [6, 6.07) is 3.02. The van der Waals surface area contributed by atoms with Crippen LogP contribution in [0.25, 0.3) is 0 Å². The predicted molar refractivity (Wildman–Crippen MR) is 54.7 cm³/mol. The average Bonchev–Trinajstić information content (AvgIpc) is 2.27. The Kier molecular flexibility index (Phi) is 4.04. The van der Waals surface area contributed by atoms with Crippen LogP contribution in [0.15, 0.2) is 18.3 Å². The second kappa shape index (κ2) is 5.51. The molecule has 5 heteroatoms. The lowest BCUT2D eigenvalue weighted by Gasteiger charge is -1.96. The molecule has 0 unspecified atom stereocenters. The van der Waals surface area contributed by atoms with Gasteiger partial charge in [0.25, 0.3) is 0 Å². The second-order valence-electron chi connectivity index (χ2n) is 2.68. The summed E-state index contributed by atoms with van der Waals surface area (Å²) in [5.41, 5.74) is 0.00218. The van der Waals surface area contributed by atoms with Gasteiger partial charge >= 0.3 is 11.9 Å². The van der Waals surface area contributed by atoms with E-state index in [1.54, 1.807) is 13.0 Å². The van der Waals surface area contributed by atoms with Crippen LogP contribution in [0.5, 0.6) is 0 Å². The standard InChI is InChI=1S/C11H9NO4/c1-2-16-9(13)6-5-8-4-3-7-12-10(8)11(14)15/h3-4,7H,2H2,1H3,(H,14,15). The topological polar surface area (TPSA) is 76.5 Å². The number of aromatic carboxylic acids is 1. The number of esters is 1. The first-order valence-electron chi connectivity index (χ1n) is 4.52. The molecule has 0 aliphatic heterocycles. The minimum Gasteiger partial charge on any atom is -0.476 e. The Morgan fingerprint density at radius 2 is 2.31 bits per heavy atom. The molecule has 0 radical (unpaired) electrons. The Morgan fingerprint density at radius 1 is 1.56 bits per heavy atom. The van der Waals surface area contributed by atoms with E-state index in [1.807, 2.05) is 0 Å². The Balaban J connectivity index is 2.96. The number of carbonyl (C=O) groups excluding carboxylic acids is 1. The molecule has 5 nitrogen and oxygen atoms in total. The predicted octanol–water partition coefficient (Wildman–Crippen LogP) is 0.694. The summed E-state index contributed by atoms with van der Waals surface area (Å²) in [6.07, 6.45) is 1.35. The molecule has 0 saturated heterocycles. The minimum absolute atomic E-state index is 0.181. The molecular formula is C11H9NO4. The van der Waals surface area contributed by atoms with Gasteiger partial charge in [-0.2, -0.15) is 0 Å². The Bertz CT molecular complexity index is 470. The minimum atomic E-state index is -1.19. The lowest BCUT2D eigenvalue weighted by Crippen LogP contribution is -2.04. The van der Waals surface area contributed by atoms with E-state index in [0.717, 1.165) is 0 Å². The Hall–Kier alpha value is -2.35. The fraction of sp³-hybridized carbons (Fsp3) is 0.182. The number of rotatable bonds is 2. The number of aromatic nitrogens is 1. The van der Waals surface area contributed by atoms with Crippen LogP contribution >= 0.6 is 0 Å². The van der Waals surface area contributed by atoms with Crippen molar-refractivity contribution in [1.29, 1.82) is 0 Å². The van der Waals surface area contributed by atoms with E-state index >= 15 is 0 Å². The number of ether oxygens (including phenoxy) is 1.